The summed E-state index contributed by atoms with van der Waals surface area (Å²) in [5, 5.41) is 16.6. The van der Waals surface area contributed by atoms with E-state index in [0.717, 1.165) is 54.0 Å². The number of nitrogens with one attached hydrogen (secondary N) is 3. The van der Waals surface area contributed by atoms with Gasteiger partial charge in [-0.2, -0.15) is 0 Å². The normalized spacial score (nSPS) is 16.0. The summed E-state index contributed by atoms with van der Waals surface area (Å²) in [5.74, 6) is 3.08. The molecule has 0 unspecified atom stereocenters. The number of nitrogens with zero attached hydrogens (tertiary/aromatic N) is 1. The summed E-state index contributed by atoms with van der Waals surface area (Å²) in [7, 11) is 3.27. The number of pyridine rings is 1. The lowest BCUT2D eigenvalue weighted by Crippen LogP contribution is -2.39. The van der Waals surface area contributed by atoms with Gasteiger partial charge in [-0.25, -0.2) is 4.98 Å². The largest absolute Gasteiger partial charge is 0.497 e. The fraction of sp³-hybridized carbons (Fsp3) is 0.314. The number of hydrogen-bond acceptors (Lipinski definition) is 9. The van der Waals surface area contributed by atoms with Crippen LogP contribution in [0.1, 0.15) is 42.4 Å². The van der Waals surface area contributed by atoms with Crippen molar-refractivity contribution in [3.8, 4) is 23.0 Å². The molecule has 1 aromatic heterocycles. The lowest BCUT2D eigenvalue weighted by molar-refractivity contribution is -0.177. The lowest BCUT2D eigenvalue weighted by atomic mass is 9.89. The molecule has 9 nitrogen and oxygen atoms in total. The van der Waals surface area contributed by atoms with Gasteiger partial charge in [0.1, 0.15) is 28.8 Å². The topological polar surface area (TPSA) is 107 Å². The monoisotopic (exact) mass is 594 g/mol. The highest BCUT2D eigenvalue weighted by molar-refractivity contribution is 6.17. The van der Waals surface area contributed by atoms with Crippen LogP contribution < -0.4 is 24.8 Å². The van der Waals surface area contributed by atoms with Crippen LogP contribution in [-0.4, -0.2) is 50.0 Å². The number of methoxy groups -OCH3 is 2. The van der Waals surface area contributed by atoms with Crippen LogP contribution in [0.3, 0.4) is 0 Å². The standard InChI is InChI=1S/C35H38N4O5/c1-40-29-13-10-25(31(22-29)41-2)23-38-34-32(33(36)24-8-11-28(12-9-24)44-27-6-4-3-5-7-27)30(16-19-37-34)39-26-14-17-35(18-15-26)42-20-21-43-35/h3-13,16,19,22,26,36H,14-15,17-18,20-21,23H2,1-2H3,(H2,37,38,39). The maximum Gasteiger partial charge on any atom is 0.168 e. The average molecular weight is 595 g/mol. The summed E-state index contributed by atoms with van der Waals surface area (Å²) in [6.07, 6.45) is 5.28. The number of anilines is 2. The Bertz CT molecular complexity index is 1560. The van der Waals surface area contributed by atoms with E-state index in [1.165, 1.54) is 0 Å². The third kappa shape index (κ3) is 6.64. The van der Waals surface area contributed by atoms with E-state index in [1.807, 2.05) is 78.9 Å². The highest BCUT2D eigenvalue weighted by Gasteiger charge is 2.40. The van der Waals surface area contributed by atoms with Crippen molar-refractivity contribution in [2.24, 2.45) is 0 Å². The molecule has 1 saturated carbocycles. The molecule has 228 valence electrons. The first kappa shape index (κ1) is 29.5. The maximum absolute atomic E-state index is 9.36. The van der Waals surface area contributed by atoms with Crippen LogP contribution in [-0.2, 0) is 16.0 Å². The van der Waals surface area contributed by atoms with Crippen LogP contribution in [0.5, 0.6) is 23.0 Å². The fourth-order valence-electron chi connectivity index (χ4n) is 5.81. The molecule has 44 heavy (non-hydrogen) atoms. The Morgan fingerprint density at radius 3 is 2.30 bits per heavy atom. The van der Waals surface area contributed by atoms with Crippen LogP contribution in [0.15, 0.2) is 85.1 Å². The molecule has 1 aliphatic carbocycles. The molecule has 2 aliphatic rings. The summed E-state index contributed by atoms with van der Waals surface area (Å²) in [4.78, 5) is 4.69. The molecule has 6 rings (SSSR count). The van der Waals surface area contributed by atoms with Gasteiger partial charge in [0.15, 0.2) is 5.79 Å². The van der Waals surface area contributed by atoms with Gasteiger partial charge in [-0.05, 0) is 67.4 Å². The second-order valence-corrected chi connectivity index (χ2v) is 11.0. The molecule has 1 saturated heterocycles. The first-order valence-electron chi connectivity index (χ1n) is 15.0. The predicted octanol–water partition coefficient (Wildman–Crippen LogP) is 7.02. The first-order valence-corrected chi connectivity index (χ1v) is 15.0. The molecule has 9 heteroatoms. The van der Waals surface area contributed by atoms with Gasteiger partial charge in [0.25, 0.3) is 0 Å². The molecule has 1 aliphatic heterocycles. The number of benzene rings is 3. The molecule has 0 atom stereocenters. The van der Waals surface area contributed by atoms with Gasteiger partial charge in [0.2, 0.25) is 0 Å². The summed E-state index contributed by atoms with van der Waals surface area (Å²) in [6, 6.07) is 25.1. The van der Waals surface area contributed by atoms with Crippen molar-refractivity contribution in [2.45, 2.75) is 44.1 Å². The SMILES string of the molecule is COc1ccc(CNc2nccc(NC3CCC4(CC3)OCCO4)c2C(=N)c2ccc(Oc3ccccc3)cc2)c(OC)c1. The molecular formula is C35H38N4O5. The predicted molar refractivity (Wildman–Crippen MR) is 171 cm³/mol. The van der Waals surface area contributed by atoms with Crippen LogP contribution >= 0.6 is 0 Å². The van der Waals surface area contributed by atoms with E-state index in [9.17, 15) is 5.41 Å². The Hall–Kier alpha value is -4.60. The average Bonchev–Trinajstić information content (AvgIpc) is 3.53. The minimum atomic E-state index is -0.431. The molecule has 1 spiro atoms. The van der Waals surface area contributed by atoms with Crippen LogP contribution in [0.4, 0.5) is 11.5 Å². The van der Waals surface area contributed by atoms with Gasteiger partial charge in [-0.15, -0.1) is 0 Å². The Kier molecular flexibility index (Phi) is 8.95. The zero-order valence-corrected chi connectivity index (χ0v) is 25.1. The quantitative estimate of drug-likeness (QED) is 0.159. The molecule has 2 heterocycles. The number of hydrogen-bond donors (Lipinski definition) is 3. The van der Waals surface area contributed by atoms with Crippen molar-refractivity contribution in [2.75, 3.05) is 38.1 Å². The summed E-state index contributed by atoms with van der Waals surface area (Å²) in [5.41, 5.74) is 3.61. The highest BCUT2D eigenvalue weighted by Crippen LogP contribution is 2.38. The molecule has 0 radical (unpaired) electrons. The maximum atomic E-state index is 9.36. The van der Waals surface area contributed by atoms with Gasteiger partial charge in [0, 0.05) is 54.5 Å². The molecule has 4 aromatic rings. The minimum Gasteiger partial charge on any atom is -0.497 e. The van der Waals surface area contributed by atoms with Crippen LogP contribution in [0.2, 0.25) is 0 Å². The van der Waals surface area contributed by atoms with E-state index < -0.39 is 5.79 Å². The molecule has 3 aromatic carbocycles. The molecule has 0 bridgehead atoms. The van der Waals surface area contributed by atoms with E-state index in [4.69, 9.17) is 28.7 Å². The first-order chi connectivity index (χ1) is 21.6. The van der Waals surface area contributed by atoms with E-state index in [2.05, 4.69) is 10.6 Å². The molecular weight excluding hydrogens is 556 g/mol. The van der Waals surface area contributed by atoms with Crippen molar-refractivity contribution >= 4 is 17.2 Å². The van der Waals surface area contributed by atoms with E-state index in [-0.39, 0.29) is 6.04 Å². The van der Waals surface area contributed by atoms with Crippen molar-refractivity contribution in [1.82, 2.24) is 4.98 Å². The number of ether oxygens (including phenoxy) is 5. The van der Waals surface area contributed by atoms with Crippen molar-refractivity contribution in [3.05, 3.63) is 102 Å². The minimum absolute atomic E-state index is 0.221. The van der Waals surface area contributed by atoms with Crippen molar-refractivity contribution in [3.63, 3.8) is 0 Å². The van der Waals surface area contributed by atoms with Crippen LogP contribution in [0.25, 0.3) is 0 Å². The van der Waals surface area contributed by atoms with Gasteiger partial charge in [-0.3, -0.25) is 5.41 Å². The van der Waals surface area contributed by atoms with Crippen molar-refractivity contribution < 1.29 is 23.7 Å². The second-order valence-electron chi connectivity index (χ2n) is 11.0. The Balaban J connectivity index is 1.26. The fourth-order valence-corrected chi connectivity index (χ4v) is 5.81. The van der Waals surface area contributed by atoms with Gasteiger partial charge in [-0.1, -0.05) is 18.2 Å². The molecule has 0 amide bonds. The van der Waals surface area contributed by atoms with Crippen LogP contribution in [0, 0.1) is 5.41 Å². The van der Waals surface area contributed by atoms with E-state index >= 15 is 0 Å². The summed E-state index contributed by atoms with van der Waals surface area (Å²) < 4.78 is 28.8. The Morgan fingerprint density at radius 2 is 1.59 bits per heavy atom. The van der Waals surface area contributed by atoms with Crippen molar-refractivity contribution in [1.29, 1.82) is 5.41 Å². The Morgan fingerprint density at radius 1 is 0.886 bits per heavy atom. The third-order valence-corrected chi connectivity index (χ3v) is 8.18. The third-order valence-electron chi connectivity index (χ3n) is 8.18. The van der Waals surface area contributed by atoms with Gasteiger partial charge < -0.3 is 34.3 Å². The Labute approximate surface area is 258 Å². The number of rotatable bonds is 11. The molecule has 2 fully saturated rings. The zero-order valence-electron chi connectivity index (χ0n) is 25.1. The van der Waals surface area contributed by atoms with E-state index in [1.54, 1.807) is 20.4 Å². The summed E-state index contributed by atoms with van der Waals surface area (Å²) >= 11 is 0. The summed E-state index contributed by atoms with van der Waals surface area (Å²) in [6.45, 7) is 1.77. The van der Waals surface area contributed by atoms with Gasteiger partial charge in [0.05, 0.1) is 38.7 Å². The highest BCUT2D eigenvalue weighted by atomic mass is 16.7. The van der Waals surface area contributed by atoms with Gasteiger partial charge >= 0.3 is 0 Å². The lowest BCUT2D eigenvalue weighted by Gasteiger charge is -2.36. The molecule has 3 N–H and O–H groups in total. The van der Waals surface area contributed by atoms with E-state index in [0.29, 0.717) is 48.4 Å². The smallest absolute Gasteiger partial charge is 0.168 e. The zero-order chi connectivity index (χ0) is 30.4. The number of aromatic nitrogens is 1. The second kappa shape index (κ2) is 13.4. The number of para-hydroxylation sites is 1.